The van der Waals surface area contributed by atoms with E-state index in [0.29, 0.717) is 5.57 Å². The van der Waals surface area contributed by atoms with Crippen molar-refractivity contribution in [3.05, 3.63) is 28.3 Å². The molecule has 1 aliphatic rings. The Labute approximate surface area is 112 Å². The lowest BCUT2D eigenvalue weighted by Gasteiger charge is -2.18. The summed E-state index contributed by atoms with van der Waals surface area (Å²) in [6, 6.07) is -0.675. The first kappa shape index (κ1) is 12.8. The SMILES string of the molecule is Nc1nc2c(ncn2[C@@H]2C=C(CO)[C@@H](O)[C@H]2O)c(=O)[nH]1. The zero-order valence-electron chi connectivity index (χ0n) is 10.3. The number of H-pyrrole nitrogens is 1. The van der Waals surface area contributed by atoms with Crippen LogP contribution in [0.4, 0.5) is 5.95 Å². The van der Waals surface area contributed by atoms with E-state index in [1.807, 2.05) is 0 Å². The van der Waals surface area contributed by atoms with Gasteiger partial charge in [0.1, 0.15) is 12.2 Å². The molecule has 2 heterocycles. The third kappa shape index (κ3) is 1.72. The predicted octanol–water partition coefficient (Wildman–Crippen LogP) is -2.10. The molecule has 6 N–H and O–H groups in total. The summed E-state index contributed by atoms with van der Waals surface area (Å²) in [5.41, 5.74) is 5.61. The molecular formula is C11H13N5O4. The highest BCUT2D eigenvalue weighted by molar-refractivity contribution is 5.70. The van der Waals surface area contributed by atoms with Crippen LogP contribution in [0.25, 0.3) is 11.2 Å². The minimum absolute atomic E-state index is 0.0661. The Morgan fingerprint density at radius 1 is 1.45 bits per heavy atom. The van der Waals surface area contributed by atoms with E-state index in [1.165, 1.54) is 17.0 Å². The largest absolute Gasteiger partial charge is 0.392 e. The monoisotopic (exact) mass is 279 g/mol. The number of aromatic amines is 1. The number of anilines is 1. The number of aliphatic hydroxyl groups is 3. The van der Waals surface area contributed by atoms with E-state index in [0.717, 1.165) is 0 Å². The number of nitrogens with zero attached hydrogens (tertiary/aromatic N) is 3. The third-order valence-electron chi connectivity index (χ3n) is 3.39. The number of nitrogens with two attached hydrogens (primary N) is 1. The van der Waals surface area contributed by atoms with Crippen molar-refractivity contribution in [1.82, 2.24) is 19.5 Å². The molecule has 0 aliphatic heterocycles. The maximum atomic E-state index is 11.7. The molecule has 9 heteroatoms. The molecule has 0 spiro atoms. The van der Waals surface area contributed by atoms with Gasteiger partial charge < -0.3 is 25.6 Å². The lowest BCUT2D eigenvalue weighted by Crippen LogP contribution is -2.30. The van der Waals surface area contributed by atoms with E-state index in [1.54, 1.807) is 0 Å². The lowest BCUT2D eigenvalue weighted by atomic mass is 10.1. The van der Waals surface area contributed by atoms with Crippen molar-refractivity contribution in [2.45, 2.75) is 18.2 Å². The second kappa shape index (κ2) is 4.40. The Morgan fingerprint density at radius 2 is 2.20 bits per heavy atom. The van der Waals surface area contributed by atoms with Crippen LogP contribution in [0.1, 0.15) is 6.04 Å². The average Bonchev–Trinajstić information content (AvgIpc) is 2.93. The van der Waals surface area contributed by atoms with E-state index < -0.39 is 23.8 Å². The highest BCUT2D eigenvalue weighted by atomic mass is 16.3. The number of aliphatic hydroxyl groups excluding tert-OH is 3. The van der Waals surface area contributed by atoms with E-state index in [2.05, 4.69) is 15.0 Å². The van der Waals surface area contributed by atoms with E-state index in [4.69, 9.17) is 10.8 Å². The maximum absolute atomic E-state index is 11.7. The maximum Gasteiger partial charge on any atom is 0.280 e. The Hall–Kier alpha value is -2.23. The summed E-state index contributed by atoms with van der Waals surface area (Å²) < 4.78 is 1.44. The molecule has 0 unspecified atom stereocenters. The number of hydrogen-bond acceptors (Lipinski definition) is 7. The van der Waals surface area contributed by atoms with Crippen LogP contribution in [-0.4, -0.2) is 53.7 Å². The number of rotatable bonds is 2. The van der Waals surface area contributed by atoms with Crippen LogP contribution in [-0.2, 0) is 0 Å². The molecule has 106 valence electrons. The Kier molecular flexibility index (Phi) is 2.82. The van der Waals surface area contributed by atoms with Gasteiger partial charge in [0, 0.05) is 0 Å². The van der Waals surface area contributed by atoms with E-state index in [-0.39, 0.29) is 23.7 Å². The quantitative estimate of drug-likeness (QED) is 0.395. The molecule has 0 fully saturated rings. The number of aromatic nitrogens is 4. The fraction of sp³-hybridized carbons (Fsp3) is 0.364. The van der Waals surface area contributed by atoms with E-state index >= 15 is 0 Å². The Balaban J connectivity index is 2.16. The molecule has 2 aromatic heterocycles. The van der Waals surface area contributed by atoms with Crippen molar-refractivity contribution in [3.63, 3.8) is 0 Å². The van der Waals surface area contributed by atoms with Gasteiger partial charge in [-0.1, -0.05) is 6.08 Å². The van der Waals surface area contributed by atoms with E-state index in [9.17, 15) is 15.0 Å². The van der Waals surface area contributed by atoms with Crippen LogP contribution in [0.15, 0.2) is 22.8 Å². The molecule has 0 bridgehead atoms. The van der Waals surface area contributed by atoms with Gasteiger partial charge in [0.25, 0.3) is 5.56 Å². The molecule has 20 heavy (non-hydrogen) atoms. The molecule has 1 aliphatic carbocycles. The van der Waals surface area contributed by atoms with Gasteiger partial charge in [-0.3, -0.25) is 9.78 Å². The van der Waals surface area contributed by atoms with Gasteiger partial charge in [0.2, 0.25) is 5.95 Å². The zero-order chi connectivity index (χ0) is 14.4. The molecule has 3 atom stereocenters. The number of fused-ring (bicyclic) bond motifs is 1. The van der Waals surface area contributed by atoms with Crippen molar-refractivity contribution in [2.75, 3.05) is 12.3 Å². The van der Waals surface area contributed by atoms with Crippen LogP contribution >= 0.6 is 0 Å². The third-order valence-corrected chi connectivity index (χ3v) is 3.39. The smallest absolute Gasteiger partial charge is 0.280 e. The van der Waals surface area contributed by atoms with Gasteiger partial charge in [-0.25, -0.2) is 4.98 Å². The molecule has 0 radical (unpaired) electrons. The molecule has 0 amide bonds. The van der Waals surface area contributed by atoms with Crippen molar-refractivity contribution >= 4 is 17.1 Å². The molecule has 3 rings (SSSR count). The second-order valence-electron chi connectivity index (χ2n) is 4.60. The first-order chi connectivity index (χ1) is 9.52. The summed E-state index contributed by atoms with van der Waals surface area (Å²) in [6.45, 7) is -0.364. The van der Waals surface area contributed by atoms with Gasteiger partial charge in [-0.05, 0) is 5.57 Å². The standard InChI is InChI=1S/C11H13N5O4/c12-11-14-9-6(10(20)15-11)13-3-16(9)5-1-4(2-17)7(18)8(5)19/h1,3,5,7-8,17-19H,2H2,(H3,12,14,15,20)/t5-,7-,8+/m1/s1. The van der Waals surface area contributed by atoms with Crippen LogP contribution in [0, 0.1) is 0 Å². The van der Waals surface area contributed by atoms with Crippen molar-refractivity contribution in [3.8, 4) is 0 Å². The number of hydrogen-bond donors (Lipinski definition) is 5. The highest BCUT2D eigenvalue weighted by Gasteiger charge is 2.36. The minimum atomic E-state index is -1.17. The zero-order valence-corrected chi connectivity index (χ0v) is 10.3. The lowest BCUT2D eigenvalue weighted by molar-refractivity contribution is 0.0287. The van der Waals surface area contributed by atoms with Crippen LogP contribution in [0.3, 0.4) is 0 Å². The summed E-state index contributed by atoms with van der Waals surface area (Å²) in [4.78, 5) is 21.9. The fourth-order valence-corrected chi connectivity index (χ4v) is 2.37. The summed E-state index contributed by atoms with van der Waals surface area (Å²) in [7, 11) is 0. The summed E-state index contributed by atoms with van der Waals surface area (Å²) in [5, 5.41) is 28.9. The van der Waals surface area contributed by atoms with Crippen LogP contribution in [0.2, 0.25) is 0 Å². The van der Waals surface area contributed by atoms with Gasteiger partial charge in [0.15, 0.2) is 11.2 Å². The first-order valence-corrected chi connectivity index (χ1v) is 5.93. The molecule has 0 aromatic carbocycles. The second-order valence-corrected chi connectivity index (χ2v) is 4.60. The van der Waals surface area contributed by atoms with Crippen molar-refractivity contribution in [1.29, 1.82) is 0 Å². The number of imidazole rings is 1. The summed E-state index contributed by atoms with van der Waals surface area (Å²) in [5.74, 6) is -0.0661. The number of nitrogens with one attached hydrogen (secondary N) is 1. The minimum Gasteiger partial charge on any atom is -0.392 e. The topological polar surface area (TPSA) is 150 Å². The Bertz CT molecular complexity index is 749. The van der Waals surface area contributed by atoms with Crippen LogP contribution in [0.5, 0.6) is 0 Å². The molecule has 0 saturated carbocycles. The molecule has 0 saturated heterocycles. The average molecular weight is 279 g/mol. The molecule has 9 nitrogen and oxygen atoms in total. The van der Waals surface area contributed by atoms with Gasteiger partial charge in [-0.15, -0.1) is 0 Å². The summed E-state index contributed by atoms with van der Waals surface area (Å²) >= 11 is 0. The van der Waals surface area contributed by atoms with Gasteiger partial charge in [-0.2, -0.15) is 4.98 Å². The molecular weight excluding hydrogens is 266 g/mol. The summed E-state index contributed by atoms with van der Waals surface area (Å²) in [6.07, 6.45) is 0.540. The molecule has 2 aromatic rings. The van der Waals surface area contributed by atoms with Crippen molar-refractivity contribution < 1.29 is 15.3 Å². The van der Waals surface area contributed by atoms with Crippen LogP contribution < -0.4 is 11.3 Å². The van der Waals surface area contributed by atoms with Gasteiger partial charge >= 0.3 is 0 Å². The number of nitrogen functional groups attached to an aromatic ring is 1. The first-order valence-electron chi connectivity index (χ1n) is 5.93. The van der Waals surface area contributed by atoms with Crippen molar-refractivity contribution in [2.24, 2.45) is 0 Å². The Morgan fingerprint density at radius 3 is 2.85 bits per heavy atom. The predicted molar refractivity (Wildman–Crippen MR) is 68.8 cm³/mol. The normalized spacial score (nSPS) is 26.1. The van der Waals surface area contributed by atoms with Gasteiger partial charge in [0.05, 0.1) is 19.0 Å². The highest BCUT2D eigenvalue weighted by Crippen LogP contribution is 2.30. The fourth-order valence-electron chi connectivity index (χ4n) is 2.37.